The first-order chi connectivity index (χ1) is 15.1. The third kappa shape index (κ3) is 5.85. The standard InChI is InChI=1S/C21H20Br2N4O4S/c1-13-9-15(14(2)27(13)17-4-6-18(7-5-17)32(24,29)30)11-25-26-21(28)12-31-20-8-3-16(22)10-19(20)23/h3-11H,12H2,1-2H3,(H,26,28)(H2,24,29,30)/b25-11+. The molecule has 168 valence electrons. The van der Waals surface area contributed by atoms with Crippen molar-refractivity contribution in [2.45, 2.75) is 18.7 Å². The number of sulfonamides is 1. The summed E-state index contributed by atoms with van der Waals surface area (Å²) in [7, 11) is -3.75. The Hall–Kier alpha value is -2.47. The van der Waals surface area contributed by atoms with Gasteiger partial charge in [0.15, 0.2) is 6.61 Å². The molecule has 0 aliphatic heterocycles. The molecule has 11 heteroatoms. The lowest BCUT2D eigenvalue weighted by molar-refractivity contribution is -0.123. The maximum absolute atomic E-state index is 12.0. The highest BCUT2D eigenvalue weighted by Gasteiger charge is 2.12. The summed E-state index contributed by atoms with van der Waals surface area (Å²) >= 11 is 6.73. The number of primary sulfonamides is 1. The summed E-state index contributed by atoms with van der Waals surface area (Å²) in [4.78, 5) is 12.1. The number of nitrogens with zero attached hydrogens (tertiary/aromatic N) is 2. The molecular weight excluding hydrogens is 564 g/mol. The van der Waals surface area contributed by atoms with Gasteiger partial charge in [-0.05, 0) is 78.3 Å². The third-order valence-electron chi connectivity index (χ3n) is 4.54. The van der Waals surface area contributed by atoms with Crippen LogP contribution in [0.4, 0.5) is 0 Å². The van der Waals surface area contributed by atoms with E-state index in [9.17, 15) is 13.2 Å². The van der Waals surface area contributed by atoms with Crippen molar-refractivity contribution in [3.63, 3.8) is 0 Å². The van der Waals surface area contributed by atoms with Crippen molar-refractivity contribution in [1.29, 1.82) is 0 Å². The maximum atomic E-state index is 12.0. The molecule has 0 bridgehead atoms. The predicted octanol–water partition coefficient (Wildman–Crippen LogP) is 3.80. The van der Waals surface area contributed by atoms with Crippen LogP contribution < -0.4 is 15.3 Å². The van der Waals surface area contributed by atoms with Crippen LogP contribution in [-0.2, 0) is 14.8 Å². The van der Waals surface area contributed by atoms with Gasteiger partial charge in [-0.3, -0.25) is 4.79 Å². The molecule has 2 aromatic carbocycles. The quantitative estimate of drug-likeness (QED) is 0.325. The molecule has 0 radical (unpaired) electrons. The number of carbonyl (C=O) groups excluding carboxylic acids is 1. The number of rotatable bonds is 7. The summed E-state index contributed by atoms with van der Waals surface area (Å²) in [5, 5.41) is 9.17. The van der Waals surface area contributed by atoms with Crippen molar-refractivity contribution < 1.29 is 17.9 Å². The number of aromatic nitrogens is 1. The Morgan fingerprint density at radius 1 is 1.16 bits per heavy atom. The van der Waals surface area contributed by atoms with Crippen molar-refractivity contribution in [3.05, 3.63) is 74.4 Å². The van der Waals surface area contributed by atoms with Gasteiger partial charge in [-0.2, -0.15) is 5.10 Å². The highest BCUT2D eigenvalue weighted by molar-refractivity contribution is 9.11. The number of benzene rings is 2. The van der Waals surface area contributed by atoms with E-state index < -0.39 is 15.9 Å². The molecule has 1 heterocycles. The molecular formula is C21H20Br2N4O4S. The number of hydrogen-bond acceptors (Lipinski definition) is 5. The molecule has 3 aromatic rings. The molecule has 0 fully saturated rings. The van der Waals surface area contributed by atoms with Crippen LogP contribution in [0.5, 0.6) is 5.75 Å². The van der Waals surface area contributed by atoms with Gasteiger partial charge in [0.25, 0.3) is 5.91 Å². The van der Waals surface area contributed by atoms with Crippen LogP contribution in [0.1, 0.15) is 17.0 Å². The second-order valence-corrected chi connectivity index (χ2v) is 10.2. The summed E-state index contributed by atoms with van der Waals surface area (Å²) in [5.41, 5.74) is 5.82. The van der Waals surface area contributed by atoms with E-state index >= 15 is 0 Å². The SMILES string of the molecule is Cc1cc(/C=N/NC(=O)COc2ccc(Br)cc2Br)c(C)n1-c1ccc(S(N)(=O)=O)cc1. The summed E-state index contributed by atoms with van der Waals surface area (Å²) in [6, 6.07) is 13.6. The fraction of sp³-hybridized carbons (Fsp3) is 0.143. The molecule has 0 aliphatic carbocycles. The van der Waals surface area contributed by atoms with Gasteiger partial charge in [0, 0.05) is 27.1 Å². The van der Waals surface area contributed by atoms with Gasteiger partial charge in [-0.15, -0.1) is 0 Å². The third-order valence-corrected chi connectivity index (χ3v) is 6.58. The minimum Gasteiger partial charge on any atom is -0.483 e. The van der Waals surface area contributed by atoms with Crippen LogP contribution in [0, 0.1) is 13.8 Å². The molecule has 1 amide bonds. The topological polar surface area (TPSA) is 116 Å². The molecule has 1 aromatic heterocycles. The van der Waals surface area contributed by atoms with Gasteiger partial charge in [-0.25, -0.2) is 19.0 Å². The molecule has 3 rings (SSSR count). The monoisotopic (exact) mass is 582 g/mol. The molecule has 32 heavy (non-hydrogen) atoms. The van der Waals surface area contributed by atoms with Crippen molar-refractivity contribution in [1.82, 2.24) is 9.99 Å². The van der Waals surface area contributed by atoms with Crippen LogP contribution in [0.15, 0.2) is 67.5 Å². The molecule has 0 spiro atoms. The summed E-state index contributed by atoms with van der Waals surface area (Å²) < 4.78 is 32.0. The first kappa shape index (κ1) is 24.2. The molecule has 0 saturated carbocycles. The Labute approximate surface area is 202 Å². The Balaban J connectivity index is 1.66. The second-order valence-electron chi connectivity index (χ2n) is 6.86. The maximum Gasteiger partial charge on any atom is 0.277 e. The highest BCUT2D eigenvalue weighted by Crippen LogP contribution is 2.28. The average molecular weight is 584 g/mol. The fourth-order valence-corrected chi connectivity index (χ4v) is 4.72. The molecule has 0 saturated heterocycles. The van der Waals surface area contributed by atoms with E-state index in [1.807, 2.05) is 36.6 Å². The van der Waals surface area contributed by atoms with Crippen molar-refractivity contribution in [3.8, 4) is 11.4 Å². The zero-order valence-electron chi connectivity index (χ0n) is 17.2. The summed E-state index contributed by atoms with van der Waals surface area (Å²) in [5.74, 6) is 0.146. The second kappa shape index (κ2) is 9.99. The van der Waals surface area contributed by atoms with Crippen LogP contribution in [0.25, 0.3) is 5.69 Å². The number of amides is 1. The van der Waals surface area contributed by atoms with Gasteiger partial charge in [0.05, 0.1) is 15.6 Å². The van der Waals surface area contributed by atoms with Crippen LogP contribution in [0.2, 0.25) is 0 Å². The first-order valence-electron chi connectivity index (χ1n) is 9.28. The zero-order valence-corrected chi connectivity index (χ0v) is 21.2. The zero-order chi connectivity index (χ0) is 23.5. The molecule has 0 aliphatic rings. The molecule has 3 N–H and O–H groups in total. The van der Waals surface area contributed by atoms with E-state index in [1.165, 1.54) is 12.1 Å². The molecule has 0 atom stereocenters. The number of halogens is 2. The lowest BCUT2D eigenvalue weighted by atomic mass is 10.2. The van der Waals surface area contributed by atoms with Crippen LogP contribution in [0.3, 0.4) is 0 Å². The number of aryl methyl sites for hydroxylation is 1. The lowest BCUT2D eigenvalue weighted by Crippen LogP contribution is -2.24. The minimum absolute atomic E-state index is 0.0468. The van der Waals surface area contributed by atoms with Gasteiger partial charge in [0.2, 0.25) is 10.0 Å². The van der Waals surface area contributed by atoms with E-state index in [0.717, 1.165) is 31.6 Å². The highest BCUT2D eigenvalue weighted by atomic mass is 79.9. The van der Waals surface area contributed by atoms with E-state index in [4.69, 9.17) is 9.88 Å². The van der Waals surface area contributed by atoms with E-state index in [2.05, 4.69) is 42.4 Å². The predicted molar refractivity (Wildman–Crippen MR) is 130 cm³/mol. The number of hydrogen-bond donors (Lipinski definition) is 2. The Bertz CT molecular complexity index is 1290. The van der Waals surface area contributed by atoms with Crippen molar-refractivity contribution >= 4 is 54.0 Å². The van der Waals surface area contributed by atoms with Gasteiger partial charge < -0.3 is 9.30 Å². The molecule has 0 unspecified atom stereocenters. The van der Waals surface area contributed by atoms with Crippen LogP contribution >= 0.6 is 31.9 Å². The number of hydrazone groups is 1. The summed E-state index contributed by atoms with van der Waals surface area (Å²) in [6.07, 6.45) is 1.55. The number of nitrogens with one attached hydrogen (secondary N) is 1. The van der Waals surface area contributed by atoms with Crippen molar-refractivity contribution in [2.24, 2.45) is 10.2 Å². The minimum atomic E-state index is -3.75. The molecule has 8 nitrogen and oxygen atoms in total. The largest absolute Gasteiger partial charge is 0.483 e. The summed E-state index contributed by atoms with van der Waals surface area (Å²) in [6.45, 7) is 3.63. The number of carbonyl (C=O) groups is 1. The lowest BCUT2D eigenvalue weighted by Gasteiger charge is -2.10. The average Bonchev–Trinajstić information content (AvgIpc) is 3.00. The normalized spacial score (nSPS) is 11.7. The first-order valence-corrected chi connectivity index (χ1v) is 12.4. The number of nitrogens with two attached hydrogens (primary N) is 1. The number of ether oxygens (including phenoxy) is 1. The van der Waals surface area contributed by atoms with Gasteiger partial charge in [0.1, 0.15) is 5.75 Å². The van der Waals surface area contributed by atoms with Crippen LogP contribution in [-0.4, -0.2) is 31.7 Å². The van der Waals surface area contributed by atoms with Gasteiger partial charge >= 0.3 is 0 Å². The van der Waals surface area contributed by atoms with E-state index in [0.29, 0.717) is 5.75 Å². The Morgan fingerprint density at radius 2 is 1.84 bits per heavy atom. The van der Waals surface area contributed by atoms with Gasteiger partial charge in [-0.1, -0.05) is 15.9 Å². The fourth-order valence-electron chi connectivity index (χ4n) is 3.04. The Kier molecular flexibility index (Phi) is 7.55. The van der Waals surface area contributed by atoms with E-state index in [1.54, 1.807) is 24.4 Å². The van der Waals surface area contributed by atoms with E-state index in [-0.39, 0.29) is 11.5 Å². The Morgan fingerprint density at radius 3 is 2.47 bits per heavy atom. The smallest absolute Gasteiger partial charge is 0.277 e. The van der Waals surface area contributed by atoms with Crippen molar-refractivity contribution in [2.75, 3.05) is 6.61 Å².